The van der Waals surface area contributed by atoms with Crippen molar-refractivity contribution in [1.29, 1.82) is 0 Å². The van der Waals surface area contributed by atoms with Crippen LogP contribution < -0.4 is 11.2 Å². The zero-order chi connectivity index (χ0) is 21.7. The van der Waals surface area contributed by atoms with Gasteiger partial charge in [-0.25, -0.2) is 19.7 Å². The van der Waals surface area contributed by atoms with Gasteiger partial charge in [-0.3, -0.25) is 13.9 Å². The summed E-state index contributed by atoms with van der Waals surface area (Å²) in [5, 5.41) is 1.69. The van der Waals surface area contributed by atoms with Gasteiger partial charge in [-0.05, 0) is 49.6 Å². The van der Waals surface area contributed by atoms with Crippen LogP contribution in [-0.2, 0) is 26.9 Å². The highest BCUT2D eigenvalue weighted by molar-refractivity contribution is 7.99. The van der Waals surface area contributed by atoms with Gasteiger partial charge >= 0.3 is 5.69 Å². The van der Waals surface area contributed by atoms with Crippen molar-refractivity contribution in [2.24, 2.45) is 14.1 Å². The Kier molecular flexibility index (Phi) is 4.94. The van der Waals surface area contributed by atoms with Crippen LogP contribution in [0.3, 0.4) is 0 Å². The number of hydrogen-bond acceptors (Lipinski definition) is 6. The van der Waals surface area contributed by atoms with E-state index in [2.05, 4.69) is 9.97 Å². The molecular formula is C21H19ClN6O2S. The van der Waals surface area contributed by atoms with Gasteiger partial charge in [-0.15, -0.1) is 0 Å². The van der Waals surface area contributed by atoms with Crippen LogP contribution in [0, 0.1) is 0 Å². The molecule has 0 bridgehead atoms. The summed E-state index contributed by atoms with van der Waals surface area (Å²) in [5.74, 6) is 0. The number of imidazole rings is 1. The fourth-order valence-electron chi connectivity index (χ4n) is 3.90. The van der Waals surface area contributed by atoms with Gasteiger partial charge in [0.05, 0.1) is 5.69 Å². The summed E-state index contributed by atoms with van der Waals surface area (Å²) < 4.78 is 2.41. The molecule has 3 heterocycles. The van der Waals surface area contributed by atoms with Crippen molar-refractivity contribution in [2.45, 2.75) is 36.0 Å². The van der Waals surface area contributed by atoms with Gasteiger partial charge in [0.15, 0.2) is 21.5 Å². The highest BCUT2D eigenvalue weighted by Gasteiger charge is 2.21. The van der Waals surface area contributed by atoms with E-state index in [1.807, 2.05) is 24.3 Å². The first-order valence-electron chi connectivity index (χ1n) is 9.91. The van der Waals surface area contributed by atoms with Crippen molar-refractivity contribution in [1.82, 2.24) is 29.1 Å². The summed E-state index contributed by atoms with van der Waals surface area (Å²) in [5.41, 5.74) is 3.89. The molecule has 31 heavy (non-hydrogen) atoms. The van der Waals surface area contributed by atoms with Crippen LogP contribution in [0.2, 0.25) is 5.02 Å². The van der Waals surface area contributed by atoms with Crippen molar-refractivity contribution in [3.63, 3.8) is 0 Å². The second-order valence-electron chi connectivity index (χ2n) is 7.54. The molecule has 1 aromatic carbocycles. The highest BCUT2D eigenvalue weighted by atomic mass is 35.5. The molecule has 0 saturated carbocycles. The Morgan fingerprint density at radius 2 is 1.74 bits per heavy atom. The largest absolute Gasteiger partial charge is 0.332 e. The van der Waals surface area contributed by atoms with Crippen molar-refractivity contribution in [2.75, 3.05) is 0 Å². The maximum Gasteiger partial charge on any atom is 0.332 e. The van der Waals surface area contributed by atoms with Crippen LogP contribution in [0.1, 0.15) is 24.1 Å². The Labute approximate surface area is 186 Å². The smallest absolute Gasteiger partial charge is 0.327 e. The third-order valence-corrected chi connectivity index (χ3v) is 6.55. The molecule has 10 heteroatoms. The lowest BCUT2D eigenvalue weighted by molar-refractivity contribution is 0.651. The van der Waals surface area contributed by atoms with E-state index in [0.29, 0.717) is 21.0 Å². The Morgan fingerprint density at radius 3 is 2.52 bits per heavy atom. The van der Waals surface area contributed by atoms with E-state index >= 15 is 0 Å². The fraction of sp³-hybridized carbons (Fsp3) is 0.286. The van der Waals surface area contributed by atoms with Gasteiger partial charge in [0.25, 0.3) is 5.56 Å². The molecule has 1 aliphatic rings. The zero-order valence-corrected chi connectivity index (χ0v) is 18.5. The average Bonchev–Trinajstić information content (AvgIpc) is 3.20. The lowest BCUT2D eigenvalue weighted by Gasteiger charge is -2.19. The second kappa shape index (κ2) is 7.65. The molecule has 3 aromatic heterocycles. The molecule has 1 N–H and O–H groups in total. The summed E-state index contributed by atoms with van der Waals surface area (Å²) in [4.78, 5) is 41.7. The molecule has 0 unspecified atom stereocenters. The number of aromatic amines is 1. The van der Waals surface area contributed by atoms with Crippen LogP contribution in [0.15, 0.2) is 44.2 Å². The molecule has 0 saturated heterocycles. The van der Waals surface area contributed by atoms with Crippen LogP contribution in [0.25, 0.3) is 22.4 Å². The number of hydrogen-bond donors (Lipinski definition) is 1. The molecule has 0 radical (unpaired) electrons. The third kappa shape index (κ3) is 3.47. The average molecular weight is 455 g/mol. The van der Waals surface area contributed by atoms with E-state index < -0.39 is 11.2 Å². The van der Waals surface area contributed by atoms with Crippen LogP contribution >= 0.6 is 23.4 Å². The maximum atomic E-state index is 12.5. The van der Waals surface area contributed by atoms with Crippen LogP contribution in [-0.4, -0.2) is 29.1 Å². The molecule has 0 spiro atoms. The lowest BCUT2D eigenvalue weighted by Crippen LogP contribution is -2.36. The molecule has 0 fully saturated rings. The second-order valence-corrected chi connectivity index (χ2v) is 8.93. The molecule has 158 valence electrons. The Hall–Kier alpha value is -2.91. The van der Waals surface area contributed by atoms with E-state index in [4.69, 9.17) is 21.6 Å². The predicted octanol–water partition coefficient (Wildman–Crippen LogP) is 3.10. The van der Waals surface area contributed by atoms with E-state index in [-0.39, 0.29) is 5.52 Å². The van der Waals surface area contributed by atoms with Crippen molar-refractivity contribution < 1.29 is 0 Å². The fourth-order valence-corrected chi connectivity index (χ4v) is 4.78. The maximum absolute atomic E-state index is 12.5. The quantitative estimate of drug-likeness (QED) is 0.477. The van der Waals surface area contributed by atoms with E-state index in [1.165, 1.54) is 28.9 Å². The number of nitrogens with zero attached hydrogens (tertiary/aromatic N) is 5. The first kappa shape index (κ1) is 20.0. The van der Waals surface area contributed by atoms with Gasteiger partial charge in [-0.2, -0.15) is 0 Å². The summed E-state index contributed by atoms with van der Waals surface area (Å²) in [6, 6.07) is 7.65. The monoisotopic (exact) mass is 454 g/mol. The third-order valence-electron chi connectivity index (χ3n) is 5.54. The summed E-state index contributed by atoms with van der Waals surface area (Å²) in [7, 11) is 3.04. The van der Waals surface area contributed by atoms with Crippen molar-refractivity contribution in [3.05, 3.63) is 61.4 Å². The summed E-state index contributed by atoms with van der Waals surface area (Å²) in [6.07, 6.45) is 4.06. The topological polar surface area (TPSA) is 98.5 Å². The summed E-state index contributed by atoms with van der Waals surface area (Å²) in [6.45, 7) is 0. The Morgan fingerprint density at radius 1 is 1.00 bits per heavy atom. The number of benzene rings is 1. The number of halogens is 1. The number of rotatable bonds is 3. The predicted molar refractivity (Wildman–Crippen MR) is 120 cm³/mol. The molecule has 0 aliphatic heterocycles. The van der Waals surface area contributed by atoms with E-state index in [1.54, 1.807) is 7.05 Å². The first-order valence-corrected chi connectivity index (χ1v) is 11.1. The minimum absolute atomic E-state index is 0.281. The SMILES string of the molecule is Cn1c(=O)c2[nH]c(Sc3nc4c(c(-c5ccc(Cl)cc5)n3)CCCC4)nc2n(C)c1=O. The normalized spacial score (nSPS) is 13.5. The van der Waals surface area contributed by atoms with Gasteiger partial charge < -0.3 is 4.98 Å². The van der Waals surface area contributed by atoms with Crippen molar-refractivity contribution in [3.8, 4) is 11.3 Å². The van der Waals surface area contributed by atoms with Crippen LogP contribution in [0.4, 0.5) is 0 Å². The van der Waals surface area contributed by atoms with E-state index in [0.717, 1.165) is 47.2 Å². The van der Waals surface area contributed by atoms with Crippen LogP contribution in [0.5, 0.6) is 0 Å². The zero-order valence-electron chi connectivity index (χ0n) is 17.0. The minimum atomic E-state index is -0.421. The first-order chi connectivity index (χ1) is 14.9. The minimum Gasteiger partial charge on any atom is -0.327 e. The number of aromatic nitrogens is 6. The number of fused-ring (bicyclic) bond motifs is 2. The van der Waals surface area contributed by atoms with Gasteiger partial charge in [-0.1, -0.05) is 23.7 Å². The number of H-pyrrole nitrogens is 1. The van der Waals surface area contributed by atoms with Gasteiger partial charge in [0.1, 0.15) is 0 Å². The number of aryl methyl sites for hydroxylation is 2. The highest BCUT2D eigenvalue weighted by Crippen LogP contribution is 2.33. The molecule has 0 atom stereocenters. The Balaban J connectivity index is 1.61. The Bertz CT molecular complexity index is 1440. The summed E-state index contributed by atoms with van der Waals surface area (Å²) >= 11 is 7.32. The molecule has 5 rings (SSSR count). The molecular weight excluding hydrogens is 436 g/mol. The standard InChI is InChI=1S/C21H19ClN6O2S/c1-27-17-16(18(29)28(2)21(27)30)25-20(26-17)31-19-23-14-6-4-3-5-13(14)15(24-19)11-7-9-12(22)10-8-11/h7-10H,3-6H2,1-2H3,(H,25,26). The molecule has 0 amide bonds. The molecule has 4 aromatic rings. The van der Waals surface area contributed by atoms with Gasteiger partial charge in [0, 0.05) is 35.9 Å². The lowest BCUT2D eigenvalue weighted by atomic mass is 9.92. The van der Waals surface area contributed by atoms with Crippen molar-refractivity contribution >= 4 is 34.5 Å². The number of nitrogens with one attached hydrogen (secondary N) is 1. The molecule has 1 aliphatic carbocycles. The van der Waals surface area contributed by atoms with Gasteiger partial charge in [0.2, 0.25) is 0 Å². The molecule has 8 nitrogen and oxygen atoms in total. The van der Waals surface area contributed by atoms with E-state index in [9.17, 15) is 9.59 Å².